The molecule has 5 nitrogen and oxygen atoms in total. The molecule has 21 heavy (non-hydrogen) atoms. The number of anilines is 1. The molecule has 0 unspecified atom stereocenters. The maximum Gasteiger partial charge on any atom is 0.269 e. The average molecular weight is 283 g/mol. The van der Waals surface area contributed by atoms with Crippen molar-refractivity contribution < 1.29 is 18.7 Å². The van der Waals surface area contributed by atoms with Gasteiger partial charge in [-0.15, -0.1) is 0 Å². The van der Waals surface area contributed by atoms with Crippen LogP contribution in [-0.2, 0) is 14.3 Å². The zero-order valence-electron chi connectivity index (χ0n) is 11.6. The van der Waals surface area contributed by atoms with Gasteiger partial charge < -0.3 is 9.15 Å². The van der Waals surface area contributed by atoms with Crippen LogP contribution in [0.2, 0.25) is 0 Å². The number of rotatable bonds is 2. The average Bonchev–Trinajstić information content (AvgIpc) is 3.07. The number of imide groups is 1. The summed E-state index contributed by atoms with van der Waals surface area (Å²) in [5, 5.41) is 0. The summed E-state index contributed by atoms with van der Waals surface area (Å²) < 4.78 is 10.4. The van der Waals surface area contributed by atoms with E-state index in [-0.39, 0.29) is 11.8 Å². The summed E-state index contributed by atoms with van der Waals surface area (Å²) in [7, 11) is 1.49. The highest BCUT2D eigenvalue weighted by atomic mass is 16.5. The molecular weight excluding hydrogens is 270 g/mol. The molecular formula is C16H13NO4. The van der Waals surface area contributed by atoms with Crippen LogP contribution in [-0.4, -0.2) is 18.9 Å². The lowest BCUT2D eigenvalue weighted by molar-refractivity contribution is -0.122. The molecule has 0 fully saturated rings. The van der Waals surface area contributed by atoms with Crippen molar-refractivity contribution in [1.82, 2.24) is 0 Å². The van der Waals surface area contributed by atoms with E-state index < -0.39 is 0 Å². The molecule has 0 saturated heterocycles. The van der Waals surface area contributed by atoms with Crippen LogP contribution in [0.5, 0.6) is 0 Å². The van der Waals surface area contributed by atoms with Gasteiger partial charge in [0.05, 0.1) is 30.2 Å². The maximum atomic E-state index is 12.6. The van der Waals surface area contributed by atoms with E-state index in [1.54, 1.807) is 24.3 Å². The second kappa shape index (κ2) is 4.94. The number of benzene rings is 1. The van der Waals surface area contributed by atoms with Crippen LogP contribution >= 0.6 is 0 Å². The van der Waals surface area contributed by atoms with Crippen molar-refractivity contribution >= 4 is 28.8 Å². The summed E-state index contributed by atoms with van der Waals surface area (Å²) in [5.41, 5.74) is 2.27. The predicted octanol–water partition coefficient (Wildman–Crippen LogP) is 2.69. The van der Waals surface area contributed by atoms with E-state index in [0.717, 1.165) is 4.90 Å². The lowest BCUT2D eigenvalue weighted by Gasteiger charge is -2.12. The first-order valence-corrected chi connectivity index (χ1v) is 6.40. The van der Waals surface area contributed by atoms with Gasteiger partial charge in [-0.2, -0.15) is 0 Å². The quantitative estimate of drug-likeness (QED) is 0.628. The Morgan fingerprint density at radius 3 is 2.62 bits per heavy atom. The third-order valence-corrected chi connectivity index (χ3v) is 3.36. The molecule has 0 aliphatic carbocycles. The van der Waals surface area contributed by atoms with Crippen molar-refractivity contribution in [3.05, 3.63) is 54.0 Å². The number of ether oxygens (including phenoxy) is 1. The van der Waals surface area contributed by atoms with Crippen LogP contribution in [0.15, 0.2) is 47.3 Å². The van der Waals surface area contributed by atoms with E-state index in [0.29, 0.717) is 28.1 Å². The standard InChI is InChI=1S/C16H13NO4/c1-10(18)17-13-6-4-3-5-12(13)14(16(17)19)15(20-2)11-7-8-21-9-11/h3-9H,1-2H3. The minimum absolute atomic E-state index is 0.329. The lowest BCUT2D eigenvalue weighted by Crippen LogP contribution is -2.31. The van der Waals surface area contributed by atoms with Crippen LogP contribution in [0, 0.1) is 0 Å². The monoisotopic (exact) mass is 283 g/mol. The number of hydrogen-bond donors (Lipinski definition) is 0. The first-order chi connectivity index (χ1) is 10.1. The molecule has 1 aliphatic rings. The van der Waals surface area contributed by atoms with Gasteiger partial charge in [-0.05, 0) is 12.1 Å². The molecule has 0 spiro atoms. The molecule has 1 aliphatic heterocycles. The normalized spacial score (nSPS) is 15.9. The van der Waals surface area contributed by atoms with Gasteiger partial charge >= 0.3 is 0 Å². The Morgan fingerprint density at radius 2 is 2.00 bits per heavy atom. The highest BCUT2D eigenvalue weighted by Gasteiger charge is 2.37. The number of hydrogen-bond acceptors (Lipinski definition) is 4. The molecule has 3 rings (SSSR count). The van der Waals surface area contributed by atoms with E-state index in [2.05, 4.69) is 0 Å². The number of nitrogens with zero attached hydrogens (tertiary/aromatic N) is 1. The van der Waals surface area contributed by atoms with Crippen molar-refractivity contribution in [2.24, 2.45) is 0 Å². The molecule has 0 N–H and O–H groups in total. The molecule has 2 heterocycles. The summed E-state index contributed by atoms with van der Waals surface area (Å²) in [6.07, 6.45) is 3.00. The molecule has 106 valence electrons. The Bertz CT molecular complexity index is 743. The van der Waals surface area contributed by atoms with Gasteiger partial charge in [-0.3, -0.25) is 9.59 Å². The molecule has 2 aromatic rings. The fraction of sp³-hybridized carbons (Fsp3) is 0.125. The van der Waals surface area contributed by atoms with Gasteiger partial charge in [0, 0.05) is 12.5 Å². The first kappa shape index (κ1) is 13.2. The van der Waals surface area contributed by atoms with Crippen molar-refractivity contribution in [1.29, 1.82) is 0 Å². The van der Waals surface area contributed by atoms with E-state index in [1.165, 1.54) is 26.6 Å². The van der Waals surface area contributed by atoms with Gasteiger partial charge in [0.15, 0.2) is 0 Å². The fourth-order valence-electron chi connectivity index (χ4n) is 2.51. The third-order valence-electron chi connectivity index (χ3n) is 3.36. The zero-order chi connectivity index (χ0) is 15.0. The molecule has 1 aromatic carbocycles. The van der Waals surface area contributed by atoms with Crippen molar-refractivity contribution in [2.75, 3.05) is 12.0 Å². The van der Waals surface area contributed by atoms with Crippen molar-refractivity contribution in [3.63, 3.8) is 0 Å². The molecule has 0 saturated carbocycles. The van der Waals surface area contributed by atoms with Gasteiger partial charge in [0.25, 0.3) is 5.91 Å². The maximum absolute atomic E-state index is 12.6. The van der Waals surface area contributed by atoms with Crippen LogP contribution in [0.25, 0.3) is 11.3 Å². The van der Waals surface area contributed by atoms with Gasteiger partial charge in [-0.25, -0.2) is 4.90 Å². The number of furan rings is 1. The number of para-hydroxylation sites is 1. The predicted molar refractivity (Wildman–Crippen MR) is 77.1 cm³/mol. The number of amides is 2. The number of fused-ring (bicyclic) bond motifs is 1. The molecule has 2 amide bonds. The zero-order valence-corrected chi connectivity index (χ0v) is 11.6. The molecule has 5 heteroatoms. The van der Waals surface area contributed by atoms with E-state index >= 15 is 0 Å². The third kappa shape index (κ3) is 1.94. The Balaban J connectivity index is 2.28. The van der Waals surface area contributed by atoms with Gasteiger partial charge in [0.2, 0.25) is 5.91 Å². The minimum atomic E-state index is -0.387. The van der Waals surface area contributed by atoms with Crippen LogP contribution in [0.4, 0.5) is 5.69 Å². The van der Waals surface area contributed by atoms with E-state index in [4.69, 9.17) is 9.15 Å². The highest BCUT2D eigenvalue weighted by Crippen LogP contribution is 2.40. The number of carbonyl (C=O) groups excluding carboxylic acids is 2. The fourth-order valence-corrected chi connectivity index (χ4v) is 2.51. The van der Waals surface area contributed by atoms with Crippen LogP contribution < -0.4 is 4.90 Å². The highest BCUT2D eigenvalue weighted by molar-refractivity contribution is 6.42. The van der Waals surface area contributed by atoms with Crippen LogP contribution in [0.1, 0.15) is 18.1 Å². The first-order valence-electron chi connectivity index (χ1n) is 6.40. The number of methoxy groups -OCH3 is 1. The summed E-state index contributed by atoms with van der Waals surface area (Å²) >= 11 is 0. The van der Waals surface area contributed by atoms with Crippen LogP contribution in [0.3, 0.4) is 0 Å². The Hall–Kier alpha value is -2.82. The summed E-state index contributed by atoms with van der Waals surface area (Å²) in [4.78, 5) is 25.6. The minimum Gasteiger partial charge on any atom is -0.495 e. The van der Waals surface area contributed by atoms with E-state index in [9.17, 15) is 9.59 Å². The second-order valence-corrected chi connectivity index (χ2v) is 4.60. The SMILES string of the molecule is COC(=C1C(=O)N(C(C)=O)c2ccccc21)c1ccoc1. The molecule has 0 atom stereocenters. The largest absolute Gasteiger partial charge is 0.495 e. The summed E-state index contributed by atoms with van der Waals surface area (Å²) in [6, 6.07) is 8.85. The van der Waals surface area contributed by atoms with E-state index in [1.807, 2.05) is 6.07 Å². The Kier molecular flexibility index (Phi) is 3.10. The van der Waals surface area contributed by atoms with Gasteiger partial charge in [-0.1, -0.05) is 18.2 Å². The lowest BCUT2D eigenvalue weighted by atomic mass is 10.0. The number of carbonyl (C=O) groups is 2. The topological polar surface area (TPSA) is 59.8 Å². The van der Waals surface area contributed by atoms with Gasteiger partial charge in [0.1, 0.15) is 12.0 Å². The Morgan fingerprint density at radius 1 is 1.24 bits per heavy atom. The molecule has 0 radical (unpaired) electrons. The smallest absolute Gasteiger partial charge is 0.269 e. The second-order valence-electron chi connectivity index (χ2n) is 4.60. The van der Waals surface area contributed by atoms with Crippen molar-refractivity contribution in [3.8, 4) is 0 Å². The van der Waals surface area contributed by atoms with Crippen molar-refractivity contribution in [2.45, 2.75) is 6.92 Å². The molecule has 1 aromatic heterocycles. The summed E-state index contributed by atoms with van der Waals surface area (Å²) in [6.45, 7) is 1.36. The summed E-state index contributed by atoms with van der Waals surface area (Å²) in [5.74, 6) is -0.322. The molecule has 0 bridgehead atoms. The Labute approximate surface area is 121 Å².